The summed E-state index contributed by atoms with van der Waals surface area (Å²) in [4.78, 5) is 12.4. The van der Waals surface area contributed by atoms with Crippen LogP contribution in [0.3, 0.4) is 0 Å². The Morgan fingerprint density at radius 3 is 2.64 bits per heavy atom. The van der Waals surface area contributed by atoms with Crippen LogP contribution in [-0.2, 0) is 4.79 Å². The molecule has 0 aliphatic heterocycles. The Balaban J connectivity index is 1.62. The Hall–Kier alpha value is -0.840. The molecule has 0 radical (unpaired) electrons. The van der Waals surface area contributed by atoms with Crippen LogP contribution >= 0.6 is 0 Å². The second-order valence-electron chi connectivity index (χ2n) is 9.18. The molecule has 2 nitrogen and oxygen atoms in total. The fraction of sp³-hybridized carbons (Fsp3) is 0.900. The second-order valence-corrected chi connectivity index (χ2v) is 9.18. The second kappa shape index (κ2) is 4.83. The van der Waals surface area contributed by atoms with E-state index in [1.165, 1.54) is 25.7 Å². The first-order chi connectivity index (χ1) is 10.5. The van der Waals surface area contributed by atoms with E-state index in [-0.39, 0.29) is 5.41 Å². The Morgan fingerprint density at radius 1 is 1.05 bits per heavy atom. The molecule has 0 aromatic heterocycles. The third kappa shape index (κ3) is 1.81. The van der Waals surface area contributed by atoms with Crippen LogP contribution in [0.5, 0.6) is 0 Å². The number of carbonyl (C=O) groups excluding carboxylic acids is 1. The highest BCUT2D eigenvalue weighted by atomic mass is 16.1. The molecule has 0 saturated heterocycles. The summed E-state index contributed by atoms with van der Waals surface area (Å²) >= 11 is 0. The Morgan fingerprint density at radius 2 is 1.86 bits per heavy atom. The largest absolute Gasteiger partial charge is 0.299 e. The zero-order valence-corrected chi connectivity index (χ0v) is 14.1. The molecule has 4 aliphatic carbocycles. The van der Waals surface area contributed by atoms with Gasteiger partial charge in [-0.05, 0) is 80.5 Å². The van der Waals surface area contributed by atoms with E-state index in [4.69, 9.17) is 0 Å². The Labute approximate surface area is 134 Å². The van der Waals surface area contributed by atoms with E-state index in [1.54, 1.807) is 0 Å². The average Bonchev–Trinajstić information content (AvgIpc) is 2.82. The third-order valence-corrected chi connectivity index (χ3v) is 8.56. The van der Waals surface area contributed by atoms with Crippen molar-refractivity contribution in [1.82, 2.24) is 0 Å². The summed E-state index contributed by atoms with van der Waals surface area (Å²) < 4.78 is 0. The molecule has 2 heteroatoms. The molecule has 4 fully saturated rings. The van der Waals surface area contributed by atoms with Gasteiger partial charge < -0.3 is 0 Å². The highest BCUT2D eigenvalue weighted by molar-refractivity contribution is 5.87. The molecule has 7 atom stereocenters. The van der Waals surface area contributed by atoms with E-state index in [0.29, 0.717) is 23.0 Å². The number of Topliss-reactive ketones (excluding diaryl/α,β-unsaturated/α-hetero) is 1. The van der Waals surface area contributed by atoms with Crippen LogP contribution < -0.4 is 0 Å². The van der Waals surface area contributed by atoms with Gasteiger partial charge in [0.05, 0.1) is 6.07 Å². The first-order valence-electron chi connectivity index (χ1n) is 9.42. The average molecular weight is 299 g/mol. The predicted octanol–water partition coefficient (Wildman–Crippen LogP) is 4.74. The van der Waals surface area contributed by atoms with E-state index in [1.807, 2.05) is 0 Å². The molecule has 0 amide bonds. The van der Waals surface area contributed by atoms with Crippen LogP contribution in [0.15, 0.2) is 0 Å². The molecule has 0 heterocycles. The van der Waals surface area contributed by atoms with Crippen LogP contribution in [0.4, 0.5) is 0 Å². The summed E-state index contributed by atoms with van der Waals surface area (Å²) in [5.74, 6) is 3.87. The molecule has 0 aromatic rings. The zero-order chi connectivity index (χ0) is 15.5. The topological polar surface area (TPSA) is 40.9 Å². The molecule has 0 unspecified atom stereocenters. The van der Waals surface area contributed by atoms with Crippen LogP contribution in [0.1, 0.15) is 71.6 Å². The molecular formula is C20H29NO. The molecule has 4 aliphatic rings. The van der Waals surface area contributed by atoms with Crippen molar-refractivity contribution in [3.8, 4) is 6.07 Å². The summed E-state index contributed by atoms with van der Waals surface area (Å²) in [6.45, 7) is 4.80. The van der Waals surface area contributed by atoms with Crippen LogP contribution in [0, 0.1) is 51.8 Å². The SMILES string of the molecule is C[C@]12CC[C@@H](C#N)C[C@@H]1CC[C@H]1[C@H]2CC[C@]2(C)C(=O)CC[C@H]12. The van der Waals surface area contributed by atoms with Crippen molar-refractivity contribution in [1.29, 1.82) is 5.26 Å². The van der Waals surface area contributed by atoms with E-state index >= 15 is 0 Å². The number of carbonyl (C=O) groups is 1. The monoisotopic (exact) mass is 299 g/mol. The fourth-order valence-corrected chi connectivity index (χ4v) is 7.15. The van der Waals surface area contributed by atoms with Gasteiger partial charge in [0.15, 0.2) is 0 Å². The minimum absolute atomic E-state index is 0.00815. The van der Waals surface area contributed by atoms with Gasteiger partial charge in [0.25, 0.3) is 0 Å². The van der Waals surface area contributed by atoms with E-state index in [2.05, 4.69) is 19.9 Å². The number of fused-ring (bicyclic) bond motifs is 5. The number of hydrogen-bond donors (Lipinski definition) is 0. The van der Waals surface area contributed by atoms with E-state index in [9.17, 15) is 10.1 Å². The minimum atomic E-state index is 0.00815. The number of rotatable bonds is 0. The van der Waals surface area contributed by atoms with Gasteiger partial charge in [-0.3, -0.25) is 4.79 Å². The lowest BCUT2D eigenvalue weighted by Gasteiger charge is -2.60. The van der Waals surface area contributed by atoms with Gasteiger partial charge >= 0.3 is 0 Å². The normalized spacial score (nSPS) is 54.0. The van der Waals surface area contributed by atoms with Crippen molar-refractivity contribution in [2.24, 2.45) is 40.4 Å². The number of ketones is 1. The van der Waals surface area contributed by atoms with E-state index < -0.39 is 0 Å². The maximum atomic E-state index is 12.4. The van der Waals surface area contributed by atoms with Crippen molar-refractivity contribution in [3.63, 3.8) is 0 Å². The van der Waals surface area contributed by atoms with Crippen LogP contribution in [0.2, 0.25) is 0 Å². The molecule has 0 bridgehead atoms. The van der Waals surface area contributed by atoms with Gasteiger partial charge in [0, 0.05) is 17.8 Å². The Bertz CT molecular complexity index is 534. The Kier molecular flexibility index (Phi) is 3.23. The minimum Gasteiger partial charge on any atom is -0.299 e. The lowest BCUT2D eigenvalue weighted by molar-refractivity contribution is -0.139. The lowest BCUT2D eigenvalue weighted by atomic mass is 9.45. The summed E-state index contributed by atoms with van der Waals surface area (Å²) in [7, 11) is 0. The standard InChI is InChI=1S/C20H29NO/c1-19-9-7-13(12-21)11-14(19)3-4-15-16-5-6-18(22)20(16,2)10-8-17(15)19/h13-17H,3-11H2,1-2H3/t13-,14+,15-,16-,17-,19+,20+/m1/s1. The highest BCUT2D eigenvalue weighted by Gasteiger charge is 2.60. The van der Waals surface area contributed by atoms with Crippen molar-refractivity contribution in [2.75, 3.05) is 0 Å². The smallest absolute Gasteiger partial charge is 0.139 e. The van der Waals surface area contributed by atoms with Gasteiger partial charge in [-0.25, -0.2) is 0 Å². The molecule has 4 saturated carbocycles. The highest BCUT2D eigenvalue weighted by Crippen LogP contribution is 2.65. The van der Waals surface area contributed by atoms with Crippen molar-refractivity contribution in [3.05, 3.63) is 0 Å². The molecule has 120 valence electrons. The lowest BCUT2D eigenvalue weighted by Crippen LogP contribution is -2.53. The number of hydrogen-bond acceptors (Lipinski definition) is 2. The van der Waals surface area contributed by atoms with Crippen molar-refractivity contribution < 1.29 is 4.79 Å². The van der Waals surface area contributed by atoms with Gasteiger partial charge in [-0.2, -0.15) is 5.26 Å². The summed E-state index contributed by atoms with van der Waals surface area (Å²) in [5, 5.41) is 9.30. The van der Waals surface area contributed by atoms with E-state index in [0.717, 1.165) is 49.9 Å². The van der Waals surface area contributed by atoms with Gasteiger partial charge in [-0.15, -0.1) is 0 Å². The molecule has 0 N–H and O–H groups in total. The van der Waals surface area contributed by atoms with Gasteiger partial charge in [-0.1, -0.05) is 13.8 Å². The quantitative estimate of drug-likeness (QED) is 0.648. The maximum absolute atomic E-state index is 12.4. The van der Waals surface area contributed by atoms with Gasteiger partial charge in [0.1, 0.15) is 5.78 Å². The third-order valence-electron chi connectivity index (χ3n) is 8.56. The maximum Gasteiger partial charge on any atom is 0.139 e. The molecule has 22 heavy (non-hydrogen) atoms. The first kappa shape index (κ1) is 14.7. The van der Waals surface area contributed by atoms with Gasteiger partial charge in [0.2, 0.25) is 0 Å². The predicted molar refractivity (Wildman–Crippen MR) is 85.8 cm³/mol. The zero-order valence-electron chi connectivity index (χ0n) is 14.1. The van der Waals surface area contributed by atoms with Crippen molar-refractivity contribution >= 4 is 5.78 Å². The molecule has 4 rings (SSSR count). The molecule has 0 aromatic carbocycles. The number of nitrogens with zero attached hydrogens (tertiary/aromatic N) is 1. The van der Waals surface area contributed by atoms with Crippen LogP contribution in [0.25, 0.3) is 0 Å². The molecule has 0 spiro atoms. The fourth-order valence-electron chi connectivity index (χ4n) is 7.15. The summed E-state index contributed by atoms with van der Waals surface area (Å²) in [6, 6.07) is 2.53. The van der Waals surface area contributed by atoms with Crippen molar-refractivity contribution in [2.45, 2.75) is 71.6 Å². The van der Waals surface area contributed by atoms with Crippen LogP contribution in [-0.4, -0.2) is 5.78 Å². The number of nitriles is 1. The summed E-state index contributed by atoms with van der Waals surface area (Å²) in [5.41, 5.74) is 0.456. The first-order valence-corrected chi connectivity index (χ1v) is 9.42. The summed E-state index contributed by atoms with van der Waals surface area (Å²) in [6.07, 6.45) is 10.5. The molecular weight excluding hydrogens is 270 g/mol.